The van der Waals surface area contributed by atoms with Crippen LogP contribution in [-0.4, -0.2) is 70.0 Å². The number of likely N-dealkylation sites (N-methyl/N-ethyl adjacent to an activating group) is 1. The highest BCUT2D eigenvalue weighted by molar-refractivity contribution is 7.45. The van der Waals surface area contributed by atoms with Crippen LogP contribution in [0.3, 0.4) is 0 Å². The summed E-state index contributed by atoms with van der Waals surface area (Å²) in [6.45, 7) is 4.29. The Morgan fingerprint density at radius 3 is 1.07 bits per heavy atom. The van der Waals surface area contributed by atoms with E-state index in [2.05, 4.69) is 38.2 Å². The predicted molar refractivity (Wildman–Crippen MR) is 314 cm³/mol. The van der Waals surface area contributed by atoms with Gasteiger partial charge in [0.1, 0.15) is 19.8 Å². The van der Waals surface area contributed by atoms with E-state index in [9.17, 15) is 19.0 Å². The number of nitrogens with zero attached hydrogens (tertiary/aromatic N) is 1. The van der Waals surface area contributed by atoms with Crippen LogP contribution < -0.4 is 4.89 Å². The molecule has 2 unspecified atom stereocenters. The van der Waals surface area contributed by atoms with Gasteiger partial charge in [0.05, 0.1) is 27.7 Å². The number of phosphoric acid groups is 1. The molecule has 0 amide bonds. The standard InChI is InChI=1S/C64H124NO8P/c1-6-8-10-12-14-16-18-20-22-24-26-28-30-31-32-33-35-36-38-40-42-44-46-48-50-52-54-56-63(66)70-60-62(61-72-74(68,69)71-59-58-65(3,4)5)73-64(67)57-55-53-51-49-47-45-43-41-39-37-34-29-27-25-23-21-19-17-15-13-11-9-7-2/h19,21,25,27,62H,6-18,20,22-24,26,28-61H2,1-5H3/b21-19-,27-25-. The second-order valence-corrected chi connectivity index (χ2v) is 24.5. The summed E-state index contributed by atoms with van der Waals surface area (Å²) in [5, 5.41) is 0. The molecule has 9 nitrogen and oxygen atoms in total. The highest BCUT2D eigenvalue weighted by Crippen LogP contribution is 2.38. The van der Waals surface area contributed by atoms with Crippen molar-refractivity contribution in [1.82, 2.24) is 0 Å². The fraction of sp³-hybridized carbons (Fsp3) is 0.906. The first-order chi connectivity index (χ1) is 36.0. The number of allylic oxidation sites excluding steroid dienone is 4. The normalized spacial score (nSPS) is 13.3. The maximum atomic E-state index is 12.8. The summed E-state index contributed by atoms with van der Waals surface area (Å²) in [5.74, 6) is -0.817. The first-order valence-corrected chi connectivity index (χ1v) is 33.5. The molecule has 0 aromatic rings. The van der Waals surface area contributed by atoms with Crippen molar-refractivity contribution in [1.29, 1.82) is 0 Å². The minimum atomic E-state index is -4.64. The van der Waals surface area contributed by atoms with Crippen LogP contribution in [0.4, 0.5) is 0 Å². The number of rotatable bonds is 60. The maximum absolute atomic E-state index is 12.8. The second kappa shape index (κ2) is 56.2. The molecule has 0 aromatic heterocycles. The van der Waals surface area contributed by atoms with Crippen molar-refractivity contribution in [2.75, 3.05) is 47.5 Å². The number of carbonyl (C=O) groups is 2. The molecule has 0 aliphatic heterocycles. The Labute approximate surface area is 459 Å². The van der Waals surface area contributed by atoms with Crippen LogP contribution in [0.15, 0.2) is 24.3 Å². The molecule has 74 heavy (non-hydrogen) atoms. The van der Waals surface area contributed by atoms with Crippen molar-refractivity contribution in [2.45, 2.75) is 328 Å². The third-order valence-electron chi connectivity index (χ3n) is 14.5. The van der Waals surface area contributed by atoms with Crippen LogP contribution in [0.2, 0.25) is 0 Å². The van der Waals surface area contributed by atoms with E-state index < -0.39 is 26.5 Å². The van der Waals surface area contributed by atoms with Gasteiger partial charge in [0.25, 0.3) is 7.82 Å². The van der Waals surface area contributed by atoms with Gasteiger partial charge in [-0.2, -0.15) is 0 Å². The summed E-state index contributed by atoms with van der Waals surface area (Å²) in [5.41, 5.74) is 0. The average molecular weight is 1070 g/mol. The zero-order valence-corrected chi connectivity index (χ0v) is 50.7. The number of ether oxygens (including phenoxy) is 2. The molecule has 0 fully saturated rings. The molecule has 0 N–H and O–H groups in total. The van der Waals surface area contributed by atoms with Crippen molar-refractivity contribution in [3.63, 3.8) is 0 Å². The number of hydrogen-bond acceptors (Lipinski definition) is 8. The Balaban J connectivity index is 4.06. The third kappa shape index (κ3) is 59.7. The van der Waals surface area contributed by atoms with E-state index in [1.54, 1.807) is 0 Å². The van der Waals surface area contributed by atoms with Gasteiger partial charge in [-0.15, -0.1) is 0 Å². The van der Waals surface area contributed by atoms with E-state index in [1.165, 1.54) is 244 Å². The van der Waals surface area contributed by atoms with Gasteiger partial charge in [-0.05, 0) is 44.9 Å². The molecule has 2 atom stereocenters. The number of carbonyl (C=O) groups excluding carboxylic acids is 2. The second-order valence-electron chi connectivity index (χ2n) is 23.1. The van der Waals surface area contributed by atoms with Gasteiger partial charge in [-0.1, -0.05) is 289 Å². The van der Waals surface area contributed by atoms with Gasteiger partial charge in [-0.3, -0.25) is 14.2 Å². The highest BCUT2D eigenvalue weighted by atomic mass is 31.2. The zero-order valence-electron chi connectivity index (χ0n) is 49.8. The summed E-state index contributed by atoms with van der Waals surface area (Å²) in [7, 11) is 1.18. The molecule has 0 spiro atoms. The lowest BCUT2D eigenvalue weighted by Gasteiger charge is -2.28. The van der Waals surface area contributed by atoms with Crippen molar-refractivity contribution in [3.05, 3.63) is 24.3 Å². The smallest absolute Gasteiger partial charge is 0.306 e. The van der Waals surface area contributed by atoms with E-state index in [0.717, 1.165) is 44.9 Å². The van der Waals surface area contributed by atoms with Gasteiger partial charge in [-0.25, -0.2) is 0 Å². The van der Waals surface area contributed by atoms with Crippen molar-refractivity contribution in [2.24, 2.45) is 0 Å². The third-order valence-corrected chi connectivity index (χ3v) is 15.4. The van der Waals surface area contributed by atoms with Gasteiger partial charge in [0.15, 0.2) is 6.10 Å². The van der Waals surface area contributed by atoms with Gasteiger partial charge in [0, 0.05) is 12.8 Å². The molecule has 0 saturated carbocycles. The Morgan fingerprint density at radius 1 is 0.419 bits per heavy atom. The van der Waals surface area contributed by atoms with Crippen LogP contribution in [0, 0.1) is 0 Å². The lowest BCUT2D eigenvalue weighted by Crippen LogP contribution is -2.37. The van der Waals surface area contributed by atoms with Crippen LogP contribution in [-0.2, 0) is 32.7 Å². The molecular weight excluding hydrogens is 942 g/mol. The molecule has 0 aliphatic rings. The topological polar surface area (TPSA) is 111 Å². The van der Waals surface area contributed by atoms with E-state index >= 15 is 0 Å². The quantitative estimate of drug-likeness (QED) is 0.0195. The van der Waals surface area contributed by atoms with Crippen LogP contribution in [0.1, 0.15) is 322 Å². The number of esters is 2. The molecular formula is C64H124NO8P. The fourth-order valence-corrected chi connectivity index (χ4v) is 10.2. The Kier molecular flexibility index (Phi) is 55.1. The molecule has 0 saturated heterocycles. The number of unbranched alkanes of at least 4 members (excludes halogenated alkanes) is 42. The molecule has 0 aliphatic carbocycles. The number of hydrogen-bond donors (Lipinski definition) is 0. The highest BCUT2D eigenvalue weighted by Gasteiger charge is 2.22. The Bertz CT molecular complexity index is 1300. The molecule has 0 heterocycles. The minimum Gasteiger partial charge on any atom is -0.756 e. The first kappa shape index (κ1) is 72.5. The lowest BCUT2D eigenvalue weighted by atomic mass is 10.0. The fourth-order valence-electron chi connectivity index (χ4n) is 9.51. The SMILES string of the molecule is CCCCCCC/C=C\C/C=C\CCCCCCCCCCCCCC(=O)OC(COC(=O)CCCCCCCCCCCCCCCCCCCCCCCCCCCCC)COP(=O)([O-])OCC[N+](C)(C)C. The summed E-state index contributed by atoms with van der Waals surface area (Å²) in [6.07, 6.45) is 68.1. The molecule has 0 radical (unpaired) electrons. The van der Waals surface area contributed by atoms with E-state index in [4.69, 9.17) is 18.5 Å². The molecule has 0 bridgehead atoms. The molecule has 438 valence electrons. The zero-order chi connectivity index (χ0) is 54.2. The minimum absolute atomic E-state index is 0.0284. The average Bonchev–Trinajstić information content (AvgIpc) is 3.36. The summed E-state index contributed by atoms with van der Waals surface area (Å²) in [6, 6.07) is 0. The van der Waals surface area contributed by atoms with Crippen molar-refractivity contribution >= 4 is 19.8 Å². The predicted octanol–water partition coefficient (Wildman–Crippen LogP) is 19.5. The Hall–Kier alpha value is -1.51. The monoisotopic (exact) mass is 1070 g/mol. The summed E-state index contributed by atoms with van der Waals surface area (Å²) >= 11 is 0. The molecule has 10 heteroatoms. The number of phosphoric ester groups is 1. The van der Waals surface area contributed by atoms with E-state index in [1.807, 2.05) is 21.1 Å². The van der Waals surface area contributed by atoms with Crippen molar-refractivity contribution in [3.8, 4) is 0 Å². The van der Waals surface area contributed by atoms with Gasteiger partial charge < -0.3 is 27.9 Å². The largest absolute Gasteiger partial charge is 0.756 e. The summed E-state index contributed by atoms with van der Waals surface area (Å²) < 4.78 is 34.3. The van der Waals surface area contributed by atoms with E-state index in [-0.39, 0.29) is 32.0 Å². The molecule has 0 aromatic carbocycles. The van der Waals surface area contributed by atoms with E-state index in [0.29, 0.717) is 17.4 Å². The van der Waals surface area contributed by atoms with Gasteiger partial charge in [0.2, 0.25) is 0 Å². The first-order valence-electron chi connectivity index (χ1n) is 32.0. The Morgan fingerprint density at radius 2 is 0.730 bits per heavy atom. The summed E-state index contributed by atoms with van der Waals surface area (Å²) in [4.78, 5) is 38.0. The van der Waals surface area contributed by atoms with Crippen LogP contribution >= 0.6 is 7.82 Å². The van der Waals surface area contributed by atoms with Crippen molar-refractivity contribution < 1.29 is 42.1 Å². The molecule has 0 rings (SSSR count). The maximum Gasteiger partial charge on any atom is 0.306 e. The number of quaternary nitrogens is 1. The lowest BCUT2D eigenvalue weighted by molar-refractivity contribution is -0.870. The van der Waals surface area contributed by atoms with Crippen LogP contribution in [0.25, 0.3) is 0 Å². The van der Waals surface area contributed by atoms with Crippen LogP contribution in [0.5, 0.6) is 0 Å². The van der Waals surface area contributed by atoms with Gasteiger partial charge >= 0.3 is 11.9 Å².